The number of benzene rings is 2. The number of nitrogens with one attached hydrogen (secondary N) is 1. The monoisotopic (exact) mass is 540 g/mol. The Kier molecular flexibility index (Phi) is 10.4. The summed E-state index contributed by atoms with van der Waals surface area (Å²) in [6.07, 6.45) is 0.0837. The van der Waals surface area contributed by atoms with Crippen molar-refractivity contribution in [3.05, 3.63) is 65.2 Å². The molecule has 0 radical (unpaired) electrons. The first-order valence-corrected chi connectivity index (χ1v) is 12.5. The molecule has 1 heterocycles. The smallest absolute Gasteiger partial charge is 0.435 e. The number of aromatic hydroxyl groups is 1. The van der Waals surface area contributed by atoms with Crippen LogP contribution in [0.2, 0.25) is 0 Å². The number of carbonyl (C=O) groups is 4. The van der Waals surface area contributed by atoms with E-state index in [0.29, 0.717) is 31.5 Å². The number of rotatable bonds is 10. The van der Waals surface area contributed by atoms with Crippen molar-refractivity contribution >= 4 is 29.7 Å². The quantitative estimate of drug-likeness (QED) is 0.257. The highest BCUT2D eigenvalue weighted by Gasteiger charge is 2.30. The van der Waals surface area contributed by atoms with Gasteiger partial charge in [-0.25, -0.2) is 9.59 Å². The molecule has 1 fully saturated rings. The third-order valence-electron chi connectivity index (χ3n) is 6.10. The molecule has 1 aliphatic heterocycles. The molecule has 12 heteroatoms. The summed E-state index contributed by atoms with van der Waals surface area (Å²) in [5.74, 6) is -1.79. The molecule has 0 saturated carbocycles. The summed E-state index contributed by atoms with van der Waals surface area (Å²) in [5.41, 5.74) is 7.27. The van der Waals surface area contributed by atoms with Crippen molar-refractivity contribution in [3.8, 4) is 5.75 Å². The maximum absolute atomic E-state index is 13.5. The van der Waals surface area contributed by atoms with E-state index in [0.717, 1.165) is 5.56 Å². The molecular weight excluding hydrogens is 508 g/mol. The number of phenolic OH excluding ortho intramolecular Hbond substituents is 1. The number of hydrogen-bond acceptors (Lipinski definition) is 7. The van der Waals surface area contributed by atoms with Crippen molar-refractivity contribution in [3.63, 3.8) is 0 Å². The van der Waals surface area contributed by atoms with Crippen molar-refractivity contribution in [1.82, 2.24) is 10.2 Å². The Morgan fingerprint density at radius 1 is 1.05 bits per heavy atom. The Balaban J connectivity index is 1.71. The summed E-state index contributed by atoms with van der Waals surface area (Å²) in [7, 11) is 0. The number of ether oxygens (including phenoxy) is 2. The second-order valence-corrected chi connectivity index (χ2v) is 8.90. The summed E-state index contributed by atoms with van der Waals surface area (Å²) in [6.45, 7) is 2.14. The molecule has 39 heavy (non-hydrogen) atoms. The third kappa shape index (κ3) is 8.82. The SMILES string of the molecule is CCOC(=O)/N=C(/N)c1ccc(C(=O)N[C@@H](Cc2ccc(O)cc2)C(=O)N2CCC(OCC(=O)O)CC2)cc1. The van der Waals surface area contributed by atoms with Crippen LogP contribution in [0.15, 0.2) is 53.5 Å². The number of nitrogens with two attached hydrogens (primary N) is 1. The predicted molar refractivity (Wildman–Crippen MR) is 140 cm³/mol. The maximum atomic E-state index is 13.5. The van der Waals surface area contributed by atoms with Gasteiger partial charge in [0.25, 0.3) is 5.91 Å². The number of carbonyl (C=O) groups excluding carboxylic acids is 3. The summed E-state index contributed by atoms with van der Waals surface area (Å²) < 4.78 is 10.1. The molecule has 0 aliphatic carbocycles. The minimum absolute atomic E-state index is 0.0588. The van der Waals surface area contributed by atoms with E-state index < -0.39 is 30.6 Å². The van der Waals surface area contributed by atoms with Crippen LogP contribution >= 0.6 is 0 Å². The van der Waals surface area contributed by atoms with Gasteiger partial charge in [-0.1, -0.05) is 24.3 Å². The first-order chi connectivity index (χ1) is 18.7. The number of phenols is 1. The highest BCUT2D eigenvalue weighted by Crippen LogP contribution is 2.18. The van der Waals surface area contributed by atoms with Gasteiger partial charge >= 0.3 is 12.1 Å². The van der Waals surface area contributed by atoms with Gasteiger partial charge in [-0.3, -0.25) is 9.59 Å². The van der Waals surface area contributed by atoms with Crippen LogP contribution in [0.4, 0.5) is 4.79 Å². The van der Waals surface area contributed by atoms with Gasteiger partial charge in [0.2, 0.25) is 5.91 Å². The van der Waals surface area contributed by atoms with Crippen molar-refractivity contribution in [2.75, 3.05) is 26.3 Å². The molecule has 2 aromatic carbocycles. The number of nitrogens with zero attached hydrogens (tertiary/aromatic N) is 2. The average Bonchev–Trinajstić information content (AvgIpc) is 2.92. The lowest BCUT2D eigenvalue weighted by atomic mass is 10.0. The minimum Gasteiger partial charge on any atom is -0.508 e. The summed E-state index contributed by atoms with van der Waals surface area (Å²) >= 11 is 0. The molecule has 3 rings (SSSR count). The van der Waals surface area contributed by atoms with Crippen LogP contribution in [0.5, 0.6) is 5.75 Å². The Morgan fingerprint density at radius 2 is 1.67 bits per heavy atom. The standard InChI is InChI=1S/C27H32N4O8/c1-2-38-27(37)30-24(28)18-5-7-19(8-6-18)25(35)29-22(15-17-3-9-20(32)10-4-17)26(36)31-13-11-21(12-14-31)39-16-23(33)34/h3-10,21-22,32H,2,11-16H2,1H3,(H,29,35)(H,33,34)(H2,28,30,37)/t22-/m0/s1. The number of likely N-dealkylation sites (tertiary alicyclic amines) is 1. The number of aliphatic carboxylic acids is 1. The molecule has 1 saturated heterocycles. The second-order valence-electron chi connectivity index (χ2n) is 8.90. The highest BCUT2D eigenvalue weighted by molar-refractivity contribution is 6.04. The number of aliphatic imine (C=N–C) groups is 1. The number of piperidine rings is 1. The largest absolute Gasteiger partial charge is 0.508 e. The zero-order chi connectivity index (χ0) is 28.4. The zero-order valence-corrected chi connectivity index (χ0v) is 21.5. The number of carboxylic acid groups (broad SMARTS) is 1. The van der Waals surface area contributed by atoms with Gasteiger partial charge in [0, 0.05) is 30.6 Å². The number of hydrogen-bond donors (Lipinski definition) is 4. The predicted octanol–water partition coefficient (Wildman–Crippen LogP) is 1.69. The van der Waals surface area contributed by atoms with Crippen LogP contribution in [0.25, 0.3) is 0 Å². The van der Waals surface area contributed by atoms with E-state index in [1.807, 2.05) is 0 Å². The molecule has 2 aromatic rings. The highest BCUT2D eigenvalue weighted by atomic mass is 16.5. The van der Waals surface area contributed by atoms with E-state index in [2.05, 4.69) is 10.3 Å². The van der Waals surface area contributed by atoms with Gasteiger partial charge < -0.3 is 35.6 Å². The van der Waals surface area contributed by atoms with Crippen LogP contribution in [0, 0.1) is 0 Å². The first-order valence-electron chi connectivity index (χ1n) is 12.5. The molecular formula is C27H32N4O8. The lowest BCUT2D eigenvalue weighted by Crippen LogP contribution is -2.52. The molecule has 0 spiro atoms. The summed E-state index contributed by atoms with van der Waals surface area (Å²) in [4.78, 5) is 54.1. The van der Waals surface area contributed by atoms with Gasteiger partial charge in [0.15, 0.2) is 0 Å². The number of amides is 3. The lowest BCUT2D eigenvalue weighted by molar-refractivity contribution is -0.147. The molecule has 1 aliphatic rings. The van der Waals surface area contributed by atoms with Crippen molar-refractivity contribution < 1.29 is 38.9 Å². The molecule has 5 N–H and O–H groups in total. The average molecular weight is 541 g/mol. The Labute approximate surface area is 225 Å². The molecule has 0 bridgehead atoms. The van der Waals surface area contributed by atoms with Gasteiger partial charge in [-0.05, 0) is 49.6 Å². The maximum Gasteiger partial charge on any atom is 0.435 e. The van der Waals surface area contributed by atoms with Crippen LogP contribution in [0.1, 0.15) is 41.3 Å². The van der Waals surface area contributed by atoms with E-state index in [1.54, 1.807) is 24.0 Å². The van der Waals surface area contributed by atoms with E-state index in [1.165, 1.54) is 36.4 Å². The number of amidine groups is 1. The molecule has 0 unspecified atom stereocenters. The Bertz CT molecular complexity index is 1190. The van der Waals surface area contributed by atoms with Gasteiger partial charge in [0.05, 0.1) is 12.7 Å². The lowest BCUT2D eigenvalue weighted by Gasteiger charge is -2.34. The van der Waals surface area contributed by atoms with Crippen LogP contribution in [-0.2, 0) is 25.5 Å². The van der Waals surface area contributed by atoms with Gasteiger partial charge in [-0.15, -0.1) is 0 Å². The molecule has 3 amide bonds. The fourth-order valence-electron chi connectivity index (χ4n) is 4.07. The van der Waals surface area contributed by atoms with E-state index in [4.69, 9.17) is 20.3 Å². The van der Waals surface area contributed by atoms with Crippen LogP contribution in [-0.4, -0.2) is 83.3 Å². The molecule has 12 nitrogen and oxygen atoms in total. The minimum atomic E-state index is -1.05. The van der Waals surface area contributed by atoms with E-state index in [9.17, 15) is 24.3 Å². The Morgan fingerprint density at radius 3 is 2.26 bits per heavy atom. The molecule has 208 valence electrons. The topological polar surface area (TPSA) is 181 Å². The first kappa shape index (κ1) is 29.1. The van der Waals surface area contributed by atoms with E-state index in [-0.39, 0.29) is 42.2 Å². The summed E-state index contributed by atoms with van der Waals surface area (Å²) in [6, 6.07) is 11.5. The van der Waals surface area contributed by atoms with Crippen molar-refractivity contribution in [1.29, 1.82) is 0 Å². The van der Waals surface area contributed by atoms with E-state index >= 15 is 0 Å². The van der Waals surface area contributed by atoms with Gasteiger partial charge in [-0.2, -0.15) is 4.99 Å². The third-order valence-corrected chi connectivity index (χ3v) is 6.10. The fourth-order valence-corrected chi connectivity index (χ4v) is 4.07. The van der Waals surface area contributed by atoms with Gasteiger partial charge in [0.1, 0.15) is 24.2 Å². The second kappa shape index (κ2) is 13.9. The molecule has 1 atom stereocenters. The van der Waals surface area contributed by atoms with Crippen LogP contribution in [0.3, 0.4) is 0 Å². The number of carboxylic acids is 1. The fraction of sp³-hybridized carbons (Fsp3) is 0.370. The van der Waals surface area contributed by atoms with Crippen LogP contribution < -0.4 is 11.1 Å². The normalized spacial score (nSPS) is 14.9. The zero-order valence-electron chi connectivity index (χ0n) is 21.5. The summed E-state index contributed by atoms with van der Waals surface area (Å²) in [5, 5.41) is 21.2. The van der Waals surface area contributed by atoms with Crippen molar-refractivity contribution in [2.45, 2.75) is 38.3 Å². The van der Waals surface area contributed by atoms with Crippen molar-refractivity contribution in [2.24, 2.45) is 10.7 Å². The molecule has 0 aromatic heterocycles. The Hall–Kier alpha value is -4.45.